The minimum Gasteiger partial charge on any atom is -0.379 e. The lowest BCUT2D eigenvalue weighted by Gasteiger charge is -2.46. The Morgan fingerprint density at radius 1 is 0.973 bits per heavy atom. The Bertz CT molecular complexity index is 901. The molecule has 0 unspecified atom stereocenters. The Labute approximate surface area is 219 Å². The van der Waals surface area contributed by atoms with Crippen LogP contribution in [0.1, 0.15) is 32.9 Å². The van der Waals surface area contributed by atoms with Crippen molar-refractivity contribution in [2.24, 2.45) is 11.3 Å². The van der Waals surface area contributed by atoms with Gasteiger partial charge in [0.2, 0.25) is 5.91 Å². The lowest BCUT2D eigenvalue weighted by molar-refractivity contribution is -0.141. The molecule has 2 amide bonds. The highest BCUT2D eigenvalue weighted by atomic mass is 16.6. The van der Waals surface area contributed by atoms with Gasteiger partial charge in [0.25, 0.3) is 5.91 Å². The molecule has 0 bridgehead atoms. The van der Waals surface area contributed by atoms with Crippen molar-refractivity contribution >= 4 is 11.8 Å². The molecule has 206 valence electrons. The molecule has 3 rings (SSSR count). The zero-order valence-electron chi connectivity index (χ0n) is 22.4. The standard InChI is InChI=1S/C26H41N5O6/c1-21-5-6-25(33)31(21)20-23-19-30(28-27-23)8-10-35-12-14-37-16-15-36-13-11-34-9-7-24(32)29-17-22(18-29)26(2,3)4/h5-6,19,22H,1,7-18,20H2,2-4H3. The van der Waals surface area contributed by atoms with Crippen LogP contribution in [0, 0.1) is 11.3 Å². The van der Waals surface area contributed by atoms with Gasteiger partial charge in [0.1, 0.15) is 5.69 Å². The topological polar surface area (TPSA) is 108 Å². The summed E-state index contributed by atoms with van der Waals surface area (Å²) >= 11 is 0. The molecule has 1 aromatic rings. The molecule has 1 fully saturated rings. The Morgan fingerprint density at radius 3 is 2.14 bits per heavy atom. The summed E-state index contributed by atoms with van der Waals surface area (Å²) in [6.07, 6.45) is 5.40. The molecule has 0 aromatic carbocycles. The van der Waals surface area contributed by atoms with E-state index in [1.54, 1.807) is 21.9 Å². The fourth-order valence-electron chi connectivity index (χ4n) is 3.82. The average molecular weight is 520 g/mol. The lowest BCUT2D eigenvalue weighted by Crippen LogP contribution is -2.54. The predicted molar refractivity (Wildman–Crippen MR) is 136 cm³/mol. The van der Waals surface area contributed by atoms with Gasteiger partial charge in [-0.2, -0.15) is 0 Å². The van der Waals surface area contributed by atoms with E-state index >= 15 is 0 Å². The number of allylic oxidation sites excluding steroid dienone is 1. The van der Waals surface area contributed by atoms with Crippen molar-refractivity contribution in [2.45, 2.75) is 40.3 Å². The number of ether oxygens (including phenoxy) is 4. The highest BCUT2D eigenvalue weighted by molar-refractivity contribution is 5.92. The fraction of sp³-hybridized carbons (Fsp3) is 0.692. The first kappa shape index (κ1) is 29.0. The van der Waals surface area contributed by atoms with Crippen molar-refractivity contribution in [2.75, 3.05) is 65.9 Å². The summed E-state index contributed by atoms with van der Waals surface area (Å²) in [5, 5.41) is 8.15. The number of nitrogens with zero attached hydrogens (tertiary/aromatic N) is 5. The number of carbonyl (C=O) groups excluding carboxylic acids is 2. The van der Waals surface area contributed by atoms with Crippen molar-refractivity contribution in [3.8, 4) is 0 Å². The van der Waals surface area contributed by atoms with Crippen LogP contribution >= 0.6 is 0 Å². The quantitative estimate of drug-likeness (QED) is 0.286. The average Bonchev–Trinajstić information content (AvgIpc) is 3.38. The molecule has 2 aliphatic heterocycles. The maximum absolute atomic E-state index is 12.1. The Hall–Kier alpha value is -2.60. The second kappa shape index (κ2) is 14.4. The summed E-state index contributed by atoms with van der Waals surface area (Å²) in [4.78, 5) is 27.3. The van der Waals surface area contributed by atoms with Crippen molar-refractivity contribution in [3.63, 3.8) is 0 Å². The number of carbonyl (C=O) groups is 2. The van der Waals surface area contributed by atoms with Gasteiger partial charge in [-0.05, 0) is 17.4 Å². The number of hydrogen-bond acceptors (Lipinski definition) is 8. The molecule has 1 aromatic heterocycles. The molecule has 3 heterocycles. The van der Waals surface area contributed by atoms with E-state index < -0.39 is 0 Å². The van der Waals surface area contributed by atoms with Gasteiger partial charge in [0.15, 0.2) is 0 Å². The molecule has 2 aliphatic rings. The Kier molecular flexibility index (Phi) is 11.2. The first-order valence-corrected chi connectivity index (χ1v) is 12.9. The normalized spacial score (nSPS) is 16.2. The molecule has 0 N–H and O–H groups in total. The minimum absolute atomic E-state index is 0.0956. The molecule has 0 radical (unpaired) electrons. The zero-order valence-corrected chi connectivity index (χ0v) is 22.4. The van der Waals surface area contributed by atoms with Crippen molar-refractivity contribution < 1.29 is 28.5 Å². The SMILES string of the molecule is C=C1C=CC(=O)N1Cc1cn(CCOCCOCCOCCOCCC(=O)N2CC(C(C)(C)C)C2)nn1. The molecule has 0 aliphatic carbocycles. The van der Waals surface area contributed by atoms with Crippen LogP contribution in [0.25, 0.3) is 0 Å². The van der Waals surface area contributed by atoms with Crippen LogP contribution in [-0.2, 0) is 41.6 Å². The highest BCUT2D eigenvalue weighted by Gasteiger charge is 2.37. The number of rotatable bonds is 17. The summed E-state index contributed by atoms with van der Waals surface area (Å²) in [5.41, 5.74) is 1.61. The van der Waals surface area contributed by atoms with Gasteiger partial charge in [-0.15, -0.1) is 5.10 Å². The van der Waals surface area contributed by atoms with E-state index in [1.807, 2.05) is 4.90 Å². The largest absolute Gasteiger partial charge is 0.379 e. The molecule has 11 nitrogen and oxygen atoms in total. The Morgan fingerprint density at radius 2 is 1.57 bits per heavy atom. The van der Waals surface area contributed by atoms with Gasteiger partial charge in [-0.1, -0.05) is 32.6 Å². The number of aromatic nitrogens is 3. The molecule has 0 spiro atoms. The number of likely N-dealkylation sites (tertiary alicyclic amines) is 1. The predicted octanol–water partition coefficient (Wildman–Crippen LogP) is 1.65. The summed E-state index contributed by atoms with van der Waals surface area (Å²) in [5.74, 6) is 0.663. The monoisotopic (exact) mass is 519 g/mol. The van der Waals surface area contributed by atoms with Gasteiger partial charge in [-0.25, -0.2) is 4.68 Å². The van der Waals surface area contributed by atoms with Gasteiger partial charge in [0, 0.05) is 24.9 Å². The molecular weight excluding hydrogens is 478 g/mol. The summed E-state index contributed by atoms with van der Waals surface area (Å²) in [7, 11) is 0. The third-order valence-electron chi connectivity index (χ3n) is 6.44. The van der Waals surface area contributed by atoms with Gasteiger partial charge in [0.05, 0.1) is 78.6 Å². The van der Waals surface area contributed by atoms with Crippen LogP contribution in [0.2, 0.25) is 0 Å². The second-order valence-electron chi connectivity index (χ2n) is 10.3. The minimum atomic E-state index is -0.0956. The first-order chi connectivity index (χ1) is 17.7. The first-order valence-electron chi connectivity index (χ1n) is 12.9. The van der Waals surface area contributed by atoms with E-state index in [2.05, 4.69) is 37.7 Å². The van der Waals surface area contributed by atoms with Crippen LogP contribution in [0.15, 0.2) is 30.6 Å². The van der Waals surface area contributed by atoms with Crippen LogP contribution in [0.4, 0.5) is 0 Å². The van der Waals surface area contributed by atoms with E-state index in [9.17, 15) is 9.59 Å². The number of amides is 2. The molecule has 0 atom stereocenters. The van der Waals surface area contributed by atoms with Crippen molar-refractivity contribution in [3.05, 3.63) is 36.3 Å². The zero-order chi connectivity index (χ0) is 26.7. The van der Waals surface area contributed by atoms with Crippen LogP contribution < -0.4 is 0 Å². The molecule has 37 heavy (non-hydrogen) atoms. The summed E-state index contributed by atoms with van der Waals surface area (Å²) in [6.45, 7) is 16.9. The maximum atomic E-state index is 12.1. The van der Waals surface area contributed by atoms with Gasteiger partial charge < -0.3 is 28.7 Å². The van der Waals surface area contributed by atoms with E-state index in [0.29, 0.717) is 89.7 Å². The van der Waals surface area contributed by atoms with Crippen LogP contribution in [-0.4, -0.2) is 103 Å². The van der Waals surface area contributed by atoms with Crippen LogP contribution in [0.3, 0.4) is 0 Å². The summed E-state index contributed by atoms with van der Waals surface area (Å²) in [6, 6.07) is 0. The van der Waals surface area contributed by atoms with Crippen molar-refractivity contribution in [1.29, 1.82) is 0 Å². The fourth-order valence-corrected chi connectivity index (χ4v) is 3.82. The third kappa shape index (κ3) is 9.66. The highest BCUT2D eigenvalue weighted by Crippen LogP contribution is 2.33. The smallest absolute Gasteiger partial charge is 0.251 e. The van der Waals surface area contributed by atoms with E-state index in [0.717, 1.165) is 13.1 Å². The maximum Gasteiger partial charge on any atom is 0.251 e. The molecule has 11 heteroatoms. The third-order valence-corrected chi connectivity index (χ3v) is 6.44. The van der Waals surface area contributed by atoms with Gasteiger partial charge >= 0.3 is 0 Å². The Balaban J connectivity index is 1.07. The second-order valence-corrected chi connectivity index (χ2v) is 10.3. The van der Waals surface area contributed by atoms with Crippen LogP contribution in [0.5, 0.6) is 0 Å². The number of hydrogen-bond donors (Lipinski definition) is 0. The summed E-state index contributed by atoms with van der Waals surface area (Å²) < 4.78 is 23.7. The molecular formula is C26H41N5O6. The molecule has 0 saturated carbocycles. The van der Waals surface area contributed by atoms with E-state index in [4.69, 9.17) is 18.9 Å². The van der Waals surface area contributed by atoms with E-state index in [1.165, 1.54) is 6.08 Å². The van der Waals surface area contributed by atoms with Crippen molar-refractivity contribution in [1.82, 2.24) is 24.8 Å². The lowest BCUT2D eigenvalue weighted by atomic mass is 9.76. The van der Waals surface area contributed by atoms with E-state index in [-0.39, 0.29) is 17.2 Å². The van der Waals surface area contributed by atoms with Gasteiger partial charge in [-0.3, -0.25) is 9.59 Å². The molecule has 1 saturated heterocycles.